The predicted molar refractivity (Wildman–Crippen MR) is 117 cm³/mol. The van der Waals surface area contributed by atoms with Crippen LogP contribution in [-0.4, -0.2) is 29.0 Å². The fraction of sp³-hybridized carbons (Fsp3) is 0.261. The van der Waals surface area contributed by atoms with Gasteiger partial charge in [-0.05, 0) is 68.7 Å². The molecule has 1 saturated heterocycles. The van der Waals surface area contributed by atoms with E-state index in [1.54, 1.807) is 24.3 Å². The molecule has 0 saturated carbocycles. The van der Waals surface area contributed by atoms with E-state index in [0.717, 1.165) is 55.4 Å². The van der Waals surface area contributed by atoms with Crippen molar-refractivity contribution in [1.29, 1.82) is 0 Å². The number of carbonyl (C=O) groups excluding carboxylic acids is 1. The van der Waals surface area contributed by atoms with E-state index >= 15 is 0 Å². The van der Waals surface area contributed by atoms with E-state index in [1.165, 1.54) is 12.5 Å². The lowest BCUT2D eigenvalue weighted by atomic mass is 10.1. The maximum atomic E-state index is 13.3. The second-order valence-corrected chi connectivity index (χ2v) is 7.53. The van der Waals surface area contributed by atoms with Gasteiger partial charge in [0.2, 0.25) is 5.95 Å². The third-order valence-corrected chi connectivity index (χ3v) is 5.08. The van der Waals surface area contributed by atoms with Gasteiger partial charge in [-0.1, -0.05) is 0 Å². The summed E-state index contributed by atoms with van der Waals surface area (Å²) in [5.41, 5.74) is 2.26. The Morgan fingerprint density at radius 2 is 1.61 bits per heavy atom. The Labute approximate surface area is 179 Å². The summed E-state index contributed by atoms with van der Waals surface area (Å²) in [6, 6.07) is 12.0. The van der Waals surface area contributed by atoms with Crippen molar-refractivity contribution in [3.8, 4) is 0 Å². The van der Waals surface area contributed by atoms with Gasteiger partial charge in [0, 0.05) is 41.8 Å². The Kier molecular flexibility index (Phi) is 6.06. The number of nitrogens with one attached hydrogen (secondary N) is 2. The minimum Gasteiger partial charge on any atom is -0.341 e. The molecule has 1 amide bonds. The van der Waals surface area contributed by atoms with Crippen LogP contribution in [0.15, 0.2) is 48.5 Å². The van der Waals surface area contributed by atoms with Crippen LogP contribution in [-0.2, 0) is 0 Å². The number of benzene rings is 2. The highest BCUT2D eigenvalue weighted by molar-refractivity contribution is 6.04. The van der Waals surface area contributed by atoms with E-state index in [0.29, 0.717) is 11.5 Å². The van der Waals surface area contributed by atoms with E-state index in [2.05, 4.69) is 25.5 Å². The lowest BCUT2D eigenvalue weighted by molar-refractivity contribution is 0.102. The molecule has 1 aromatic heterocycles. The molecular formula is C23H23F2N5O. The van der Waals surface area contributed by atoms with E-state index in [-0.39, 0.29) is 5.56 Å². The molecule has 6 nitrogen and oxygen atoms in total. The minimum atomic E-state index is -1.06. The summed E-state index contributed by atoms with van der Waals surface area (Å²) in [4.78, 5) is 23.7. The second kappa shape index (κ2) is 9.07. The van der Waals surface area contributed by atoms with Crippen LogP contribution in [0.5, 0.6) is 0 Å². The zero-order chi connectivity index (χ0) is 21.8. The van der Waals surface area contributed by atoms with Crippen molar-refractivity contribution < 1.29 is 13.6 Å². The fourth-order valence-electron chi connectivity index (χ4n) is 3.48. The van der Waals surface area contributed by atoms with Crippen LogP contribution < -0.4 is 15.5 Å². The number of anilines is 4. The normalized spacial score (nSPS) is 13.7. The highest BCUT2D eigenvalue weighted by Gasteiger charge is 2.15. The molecule has 0 bridgehead atoms. The van der Waals surface area contributed by atoms with Gasteiger partial charge in [-0.25, -0.2) is 13.8 Å². The molecule has 31 heavy (non-hydrogen) atoms. The quantitative estimate of drug-likeness (QED) is 0.601. The molecule has 0 atom stereocenters. The molecular weight excluding hydrogens is 400 g/mol. The van der Waals surface area contributed by atoms with Crippen molar-refractivity contribution in [2.75, 3.05) is 28.6 Å². The van der Waals surface area contributed by atoms with Gasteiger partial charge in [-0.2, -0.15) is 4.98 Å². The van der Waals surface area contributed by atoms with Crippen molar-refractivity contribution in [1.82, 2.24) is 9.97 Å². The van der Waals surface area contributed by atoms with Crippen molar-refractivity contribution >= 4 is 29.0 Å². The number of halogens is 2. The van der Waals surface area contributed by atoms with E-state index in [9.17, 15) is 13.6 Å². The molecule has 0 radical (unpaired) electrons. The first-order valence-electron chi connectivity index (χ1n) is 10.2. The highest BCUT2D eigenvalue weighted by Crippen LogP contribution is 2.22. The van der Waals surface area contributed by atoms with Crippen molar-refractivity contribution in [2.45, 2.75) is 26.2 Å². The Morgan fingerprint density at radius 1 is 0.903 bits per heavy atom. The third-order valence-electron chi connectivity index (χ3n) is 5.08. The number of nitrogens with zero attached hydrogens (tertiary/aromatic N) is 3. The Hall–Kier alpha value is -3.55. The Bertz CT molecular complexity index is 1080. The lowest BCUT2D eigenvalue weighted by Gasteiger charge is -2.27. The van der Waals surface area contributed by atoms with Crippen molar-refractivity contribution in [3.63, 3.8) is 0 Å². The molecule has 1 aliphatic rings. The van der Waals surface area contributed by atoms with Crippen LogP contribution in [0.4, 0.5) is 31.9 Å². The number of hydrogen-bond donors (Lipinski definition) is 2. The van der Waals surface area contributed by atoms with Gasteiger partial charge >= 0.3 is 0 Å². The van der Waals surface area contributed by atoms with Gasteiger partial charge in [0.05, 0.1) is 0 Å². The zero-order valence-corrected chi connectivity index (χ0v) is 17.2. The van der Waals surface area contributed by atoms with Crippen LogP contribution in [0.3, 0.4) is 0 Å². The smallest absolute Gasteiger partial charge is 0.255 e. The second-order valence-electron chi connectivity index (χ2n) is 7.53. The maximum absolute atomic E-state index is 13.3. The maximum Gasteiger partial charge on any atom is 0.255 e. The average molecular weight is 423 g/mol. The van der Waals surface area contributed by atoms with Gasteiger partial charge in [-0.15, -0.1) is 0 Å². The van der Waals surface area contributed by atoms with E-state index in [1.807, 2.05) is 13.0 Å². The van der Waals surface area contributed by atoms with Gasteiger partial charge in [0.25, 0.3) is 5.91 Å². The van der Waals surface area contributed by atoms with E-state index in [4.69, 9.17) is 0 Å². The summed E-state index contributed by atoms with van der Waals surface area (Å²) < 4.78 is 26.4. The SMILES string of the molecule is Cc1cc(Nc2ccc(NC(=O)c3ccc(F)c(F)c3)cc2)nc(N2CCCCC2)n1. The molecule has 1 aliphatic heterocycles. The first-order chi connectivity index (χ1) is 15.0. The number of carbonyl (C=O) groups is 1. The van der Waals surface area contributed by atoms with Crippen molar-refractivity contribution in [2.24, 2.45) is 0 Å². The summed E-state index contributed by atoms with van der Waals surface area (Å²) in [5, 5.41) is 5.94. The zero-order valence-electron chi connectivity index (χ0n) is 17.2. The molecule has 4 rings (SSSR count). The number of amides is 1. The average Bonchev–Trinajstić information content (AvgIpc) is 2.77. The fourth-order valence-corrected chi connectivity index (χ4v) is 3.48. The molecule has 160 valence electrons. The van der Waals surface area contributed by atoms with Crippen LogP contribution in [0.25, 0.3) is 0 Å². The largest absolute Gasteiger partial charge is 0.341 e. The molecule has 2 heterocycles. The summed E-state index contributed by atoms with van der Waals surface area (Å²) >= 11 is 0. The topological polar surface area (TPSA) is 70.2 Å². The van der Waals surface area contributed by atoms with Crippen LogP contribution >= 0.6 is 0 Å². The first kappa shape index (κ1) is 20.7. The minimum absolute atomic E-state index is 0.0443. The number of aromatic nitrogens is 2. The highest BCUT2D eigenvalue weighted by atomic mass is 19.2. The molecule has 2 aromatic carbocycles. The van der Waals surface area contributed by atoms with Crippen molar-refractivity contribution in [3.05, 3.63) is 71.4 Å². The number of rotatable bonds is 5. The summed E-state index contributed by atoms with van der Waals surface area (Å²) in [6.45, 7) is 3.88. The van der Waals surface area contributed by atoms with Gasteiger partial charge in [0.15, 0.2) is 11.6 Å². The lowest BCUT2D eigenvalue weighted by Crippen LogP contribution is -2.31. The van der Waals surface area contributed by atoms with Crippen LogP contribution in [0, 0.1) is 18.6 Å². The van der Waals surface area contributed by atoms with Crippen LogP contribution in [0.2, 0.25) is 0 Å². The molecule has 2 N–H and O–H groups in total. The molecule has 0 aliphatic carbocycles. The molecule has 0 spiro atoms. The summed E-state index contributed by atoms with van der Waals surface area (Å²) in [7, 11) is 0. The number of hydrogen-bond acceptors (Lipinski definition) is 5. The van der Waals surface area contributed by atoms with Gasteiger partial charge < -0.3 is 15.5 Å². The van der Waals surface area contributed by atoms with Gasteiger partial charge in [-0.3, -0.25) is 4.79 Å². The number of piperidine rings is 1. The van der Waals surface area contributed by atoms with Gasteiger partial charge in [0.1, 0.15) is 5.82 Å². The Balaban J connectivity index is 1.43. The molecule has 3 aromatic rings. The number of aryl methyl sites for hydroxylation is 1. The molecule has 8 heteroatoms. The van der Waals surface area contributed by atoms with Crippen LogP contribution in [0.1, 0.15) is 35.3 Å². The standard InChI is InChI=1S/C23H23F2N5O/c1-15-13-21(29-23(26-15)30-11-3-2-4-12-30)27-17-6-8-18(9-7-17)28-22(31)16-5-10-19(24)20(25)14-16/h5-10,13-14H,2-4,11-12H2,1H3,(H,28,31)(H,26,27,29). The monoisotopic (exact) mass is 423 g/mol. The summed E-state index contributed by atoms with van der Waals surface area (Å²) in [5.74, 6) is -1.13. The predicted octanol–water partition coefficient (Wildman–Crippen LogP) is 5.05. The van der Waals surface area contributed by atoms with E-state index < -0.39 is 17.5 Å². The first-order valence-corrected chi connectivity index (χ1v) is 10.2. The third kappa shape index (κ3) is 5.14. The Morgan fingerprint density at radius 3 is 2.32 bits per heavy atom. The molecule has 1 fully saturated rings. The molecule has 0 unspecified atom stereocenters. The summed E-state index contributed by atoms with van der Waals surface area (Å²) in [6.07, 6.45) is 3.54.